The maximum absolute atomic E-state index is 13.7. The lowest BCUT2D eigenvalue weighted by Crippen LogP contribution is -2.42. The Morgan fingerprint density at radius 2 is 1.83 bits per heavy atom. The number of carbonyl (C=O) groups is 2. The van der Waals surface area contributed by atoms with E-state index in [1.165, 1.54) is 13.5 Å². The summed E-state index contributed by atoms with van der Waals surface area (Å²) < 4.78 is 44.3. The van der Waals surface area contributed by atoms with Gasteiger partial charge in [-0.25, -0.2) is 14.3 Å². The summed E-state index contributed by atoms with van der Waals surface area (Å²) in [4.78, 5) is 30.8. The van der Waals surface area contributed by atoms with E-state index >= 15 is 0 Å². The predicted octanol–water partition coefficient (Wildman–Crippen LogP) is 8.66. The summed E-state index contributed by atoms with van der Waals surface area (Å²) >= 11 is 0. The van der Waals surface area contributed by atoms with Crippen molar-refractivity contribution in [2.45, 2.75) is 77.0 Å². The van der Waals surface area contributed by atoms with Gasteiger partial charge in [0.1, 0.15) is 23.9 Å². The van der Waals surface area contributed by atoms with Crippen molar-refractivity contribution in [2.75, 3.05) is 13.5 Å². The first-order valence-electron chi connectivity index (χ1n) is 17.6. The van der Waals surface area contributed by atoms with Crippen molar-refractivity contribution in [3.05, 3.63) is 96.4 Å². The Morgan fingerprint density at radius 1 is 1.04 bits per heavy atom. The Hall–Kier alpha value is -5.06. The molecular formula is C39H44N3O9P. The number of methoxy groups -OCH3 is 1. The molecule has 2 aromatic heterocycles. The molecule has 0 saturated heterocycles. The number of aliphatic carboxylic acids is 1. The number of hydrogen-bond acceptors (Lipinski definition) is 9. The summed E-state index contributed by atoms with van der Waals surface area (Å²) in [7, 11) is -2.31. The van der Waals surface area contributed by atoms with Crippen molar-refractivity contribution in [1.29, 1.82) is 0 Å². The van der Waals surface area contributed by atoms with Gasteiger partial charge < -0.3 is 33.4 Å². The second-order valence-corrected chi connectivity index (χ2v) is 14.9. The van der Waals surface area contributed by atoms with E-state index in [-0.39, 0.29) is 30.4 Å². The van der Waals surface area contributed by atoms with Crippen LogP contribution in [0.2, 0.25) is 0 Å². The lowest BCUT2D eigenvalue weighted by Gasteiger charge is -2.25. The number of nitrogens with one attached hydrogen (secondary N) is 1. The molecule has 1 aliphatic rings. The molecule has 0 radical (unpaired) electrons. The number of furan rings is 1. The molecule has 1 aliphatic carbocycles. The molecule has 274 valence electrons. The van der Waals surface area contributed by atoms with Gasteiger partial charge in [-0.05, 0) is 80.3 Å². The Morgan fingerprint density at radius 3 is 2.52 bits per heavy atom. The molecule has 5 aromatic rings. The van der Waals surface area contributed by atoms with Crippen molar-refractivity contribution in [2.24, 2.45) is 0 Å². The third-order valence-electron chi connectivity index (χ3n) is 9.22. The molecule has 6 rings (SSSR count). The highest BCUT2D eigenvalue weighted by Gasteiger charge is 2.31. The molecule has 0 aliphatic heterocycles. The largest absolute Gasteiger partial charge is 0.493 e. The number of nitrogens with zero attached hydrogens (tertiary/aromatic N) is 2. The quantitative estimate of drug-likeness (QED) is 0.0944. The van der Waals surface area contributed by atoms with Crippen LogP contribution in [0, 0.1) is 0 Å². The van der Waals surface area contributed by atoms with Crippen LogP contribution in [0.15, 0.2) is 89.7 Å². The summed E-state index contributed by atoms with van der Waals surface area (Å²) in [5, 5.41) is 12.8. The standard InChI is InChI=1S/C39H44N3O9P/c1-4-26(2)50-52(46,51-31-13-9-6-10-14-31)25-49-35-18-15-27(22-36(35)47-3)21-33(39(44)45)41-38(43)28-16-17-34-32(23-28)40-37(29-19-20-48-24-29)42(34)30-11-7-5-8-12-30/h6,9-10,13-20,22-24,26,30,33H,4-5,7-8,11-12,21,25H2,1-3H3,(H,41,43)(H,44,45). The zero-order valence-corrected chi connectivity index (χ0v) is 30.4. The molecule has 3 atom stereocenters. The number of rotatable bonds is 16. The number of carbonyl (C=O) groups excluding carboxylic acids is 1. The first-order valence-corrected chi connectivity index (χ1v) is 19.3. The number of para-hydroxylation sites is 1. The van der Waals surface area contributed by atoms with E-state index in [4.69, 9.17) is 27.9 Å². The fourth-order valence-electron chi connectivity index (χ4n) is 6.40. The van der Waals surface area contributed by atoms with E-state index in [9.17, 15) is 19.3 Å². The minimum Gasteiger partial charge on any atom is -0.493 e. The van der Waals surface area contributed by atoms with E-state index in [0.29, 0.717) is 34.9 Å². The van der Waals surface area contributed by atoms with Gasteiger partial charge in [0.25, 0.3) is 5.91 Å². The van der Waals surface area contributed by atoms with Gasteiger partial charge in [0.2, 0.25) is 6.35 Å². The van der Waals surface area contributed by atoms with E-state index < -0.39 is 25.5 Å². The predicted molar refractivity (Wildman–Crippen MR) is 196 cm³/mol. The minimum atomic E-state index is -3.75. The number of fused-ring (bicyclic) bond motifs is 1. The monoisotopic (exact) mass is 729 g/mol. The highest BCUT2D eigenvalue weighted by atomic mass is 31.2. The van der Waals surface area contributed by atoms with E-state index in [0.717, 1.165) is 42.6 Å². The van der Waals surface area contributed by atoms with Gasteiger partial charge in [0.15, 0.2) is 11.5 Å². The highest BCUT2D eigenvalue weighted by molar-refractivity contribution is 7.54. The zero-order valence-electron chi connectivity index (χ0n) is 29.5. The fourth-order valence-corrected chi connectivity index (χ4v) is 7.99. The molecule has 2 N–H and O–H groups in total. The molecule has 3 aromatic carbocycles. The fraction of sp³-hybridized carbons (Fsp3) is 0.359. The van der Waals surface area contributed by atoms with Crippen LogP contribution in [-0.4, -0.2) is 52.1 Å². The van der Waals surface area contributed by atoms with E-state index in [2.05, 4.69) is 9.88 Å². The number of hydrogen-bond donors (Lipinski definition) is 2. The van der Waals surface area contributed by atoms with E-state index in [1.54, 1.807) is 74.0 Å². The zero-order chi connectivity index (χ0) is 36.7. The number of benzene rings is 3. The van der Waals surface area contributed by atoms with Gasteiger partial charge in [-0.15, -0.1) is 0 Å². The third kappa shape index (κ3) is 8.69. The average Bonchev–Trinajstić information content (AvgIpc) is 3.83. The Balaban J connectivity index is 1.17. The second-order valence-electron chi connectivity index (χ2n) is 13.0. The Kier molecular flexibility index (Phi) is 11.7. The maximum atomic E-state index is 13.7. The van der Waals surface area contributed by atoms with Crippen LogP contribution in [0.3, 0.4) is 0 Å². The summed E-state index contributed by atoms with van der Waals surface area (Å²) in [5.74, 6) is -0.00678. The van der Waals surface area contributed by atoms with Gasteiger partial charge in [0.05, 0.1) is 36.1 Å². The minimum absolute atomic E-state index is 0.0341. The summed E-state index contributed by atoms with van der Waals surface area (Å²) in [6, 6.07) is 19.8. The van der Waals surface area contributed by atoms with Crippen LogP contribution < -0.4 is 19.3 Å². The van der Waals surface area contributed by atoms with Crippen molar-refractivity contribution in [1.82, 2.24) is 14.9 Å². The van der Waals surface area contributed by atoms with Crippen LogP contribution >= 0.6 is 7.60 Å². The SMILES string of the molecule is CCC(C)OP(=O)(COc1ccc(CC(NC(=O)c2ccc3c(c2)nc(-c2ccoc2)n3C2CCCCC2)C(=O)O)cc1OC)Oc1ccccc1. The first-order chi connectivity index (χ1) is 25.2. The lowest BCUT2D eigenvalue weighted by molar-refractivity contribution is -0.139. The summed E-state index contributed by atoms with van der Waals surface area (Å²) in [6.45, 7) is 3.72. The second kappa shape index (κ2) is 16.5. The number of amides is 1. The summed E-state index contributed by atoms with van der Waals surface area (Å²) in [6.07, 6.45) is 8.74. The van der Waals surface area contributed by atoms with Gasteiger partial charge in [0, 0.05) is 18.0 Å². The molecule has 52 heavy (non-hydrogen) atoms. The first kappa shape index (κ1) is 36.7. The lowest BCUT2D eigenvalue weighted by atomic mass is 9.95. The van der Waals surface area contributed by atoms with E-state index in [1.807, 2.05) is 25.1 Å². The van der Waals surface area contributed by atoms with Crippen LogP contribution in [0.1, 0.15) is 74.3 Å². The topological polar surface area (TPSA) is 151 Å². The number of imidazole rings is 1. The number of carboxylic acid groups (broad SMARTS) is 1. The Bertz CT molecular complexity index is 2020. The van der Waals surface area contributed by atoms with Gasteiger partial charge in [-0.1, -0.05) is 50.5 Å². The number of ether oxygens (including phenoxy) is 2. The maximum Gasteiger partial charge on any atom is 0.416 e. The molecule has 2 heterocycles. The van der Waals surface area contributed by atoms with Gasteiger partial charge in [-0.3, -0.25) is 9.32 Å². The van der Waals surface area contributed by atoms with Crippen molar-refractivity contribution < 1.29 is 42.2 Å². The number of carboxylic acids is 1. The highest BCUT2D eigenvalue weighted by Crippen LogP contribution is 2.50. The molecule has 0 spiro atoms. The van der Waals surface area contributed by atoms with Gasteiger partial charge >= 0.3 is 13.6 Å². The third-order valence-corrected chi connectivity index (χ3v) is 10.8. The van der Waals surface area contributed by atoms with Crippen LogP contribution in [0.4, 0.5) is 0 Å². The van der Waals surface area contributed by atoms with Crippen LogP contribution in [0.25, 0.3) is 22.4 Å². The number of aromatic nitrogens is 2. The van der Waals surface area contributed by atoms with Gasteiger partial charge in [-0.2, -0.15) is 0 Å². The summed E-state index contributed by atoms with van der Waals surface area (Å²) in [5.41, 5.74) is 3.30. The molecule has 13 heteroatoms. The van der Waals surface area contributed by atoms with Crippen molar-refractivity contribution in [3.63, 3.8) is 0 Å². The molecule has 3 unspecified atom stereocenters. The smallest absolute Gasteiger partial charge is 0.416 e. The molecule has 1 amide bonds. The van der Waals surface area contributed by atoms with Crippen LogP contribution in [-0.2, 0) is 20.3 Å². The molecule has 1 saturated carbocycles. The van der Waals surface area contributed by atoms with Crippen molar-refractivity contribution >= 4 is 30.5 Å². The Labute approximate surface area is 302 Å². The molecule has 0 bridgehead atoms. The molecule has 12 nitrogen and oxygen atoms in total. The molecular weight excluding hydrogens is 685 g/mol. The normalized spacial score (nSPS) is 15.8. The molecule has 1 fully saturated rings. The average molecular weight is 730 g/mol. The van der Waals surface area contributed by atoms with Crippen molar-refractivity contribution in [3.8, 4) is 28.6 Å². The van der Waals surface area contributed by atoms with Crippen LogP contribution in [0.5, 0.6) is 17.2 Å².